The van der Waals surface area contributed by atoms with Crippen molar-refractivity contribution in [2.24, 2.45) is 0 Å². The minimum absolute atomic E-state index is 0.844. The molecule has 0 unspecified atom stereocenters. The highest BCUT2D eigenvalue weighted by Crippen LogP contribution is 2.15. The molecule has 0 bridgehead atoms. The van der Waals surface area contributed by atoms with Crippen molar-refractivity contribution in [1.29, 1.82) is 0 Å². The molecule has 0 fully saturated rings. The number of rotatable bonds is 0. The van der Waals surface area contributed by atoms with E-state index in [0.717, 1.165) is 6.67 Å². The topological polar surface area (TPSA) is 24.1 Å². The van der Waals surface area contributed by atoms with Crippen LogP contribution in [0.4, 0.5) is 0 Å². The Bertz CT molecular complexity index is 211. The van der Waals surface area contributed by atoms with Gasteiger partial charge in [-0.05, 0) is 6.08 Å². The fourth-order valence-electron chi connectivity index (χ4n) is 1.03. The lowest BCUT2D eigenvalue weighted by atomic mass is 10.2. The molecule has 0 saturated carbocycles. The van der Waals surface area contributed by atoms with Gasteiger partial charge in [0, 0.05) is 17.5 Å². The number of fused-ring (bicyclic) bond motifs is 1. The number of nitrogens with one attached hydrogen (secondary N) is 2. The first-order chi connectivity index (χ1) is 4.47. The van der Waals surface area contributed by atoms with Crippen molar-refractivity contribution in [3.63, 3.8) is 0 Å². The molecule has 0 radical (unpaired) electrons. The average Bonchev–Trinajstić information content (AvgIpc) is 2.33. The fraction of sp³-hybridized carbons (Fsp3) is 0.143. The maximum absolute atomic E-state index is 3.20. The zero-order valence-corrected chi connectivity index (χ0v) is 5.02. The van der Waals surface area contributed by atoms with E-state index in [-0.39, 0.29) is 0 Å². The van der Waals surface area contributed by atoms with Crippen LogP contribution in [0.1, 0.15) is 0 Å². The van der Waals surface area contributed by atoms with Crippen molar-refractivity contribution in [1.82, 2.24) is 10.6 Å². The lowest BCUT2D eigenvalue weighted by Crippen LogP contribution is -2.29. The molecule has 0 saturated heterocycles. The third kappa shape index (κ3) is 0.633. The zero-order chi connectivity index (χ0) is 6.10. The lowest BCUT2D eigenvalue weighted by molar-refractivity contribution is 0.715. The van der Waals surface area contributed by atoms with Gasteiger partial charge in [-0.2, -0.15) is 0 Å². The largest absolute Gasteiger partial charge is 0.373 e. The van der Waals surface area contributed by atoms with E-state index in [0.29, 0.717) is 0 Å². The van der Waals surface area contributed by atoms with Crippen LogP contribution in [0, 0.1) is 0 Å². The molecule has 0 aromatic carbocycles. The Balaban J connectivity index is 2.38. The predicted octanol–water partition coefficient (Wildman–Crippen LogP) is 0.474. The molecule has 1 aliphatic carbocycles. The molecule has 0 aromatic rings. The van der Waals surface area contributed by atoms with Crippen LogP contribution in [0.2, 0.25) is 0 Å². The van der Waals surface area contributed by atoms with E-state index in [1.807, 2.05) is 12.3 Å². The van der Waals surface area contributed by atoms with Crippen molar-refractivity contribution < 1.29 is 0 Å². The van der Waals surface area contributed by atoms with Gasteiger partial charge in [0.25, 0.3) is 0 Å². The van der Waals surface area contributed by atoms with Gasteiger partial charge in [-0.15, -0.1) is 0 Å². The highest BCUT2D eigenvalue weighted by atomic mass is 15.1. The molecular formula is C7H8N2. The summed E-state index contributed by atoms with van der Waals surface area (Å²) in [7, 11) is 0. The molecule has 1 heterocycles. The second-order valence-corrected chi connectivity index (χ2v) is 2.10. The molecule has 1 aliphatic heterocycles. The first-order valence-corrected chi connectivity index (χ1v) is 3.03. The van der Waals surface area contributed by atoms with E-state index in [1.54, 1.807) is 0 Å². The number of allylic oxidation sites excluding steroid dienone is 3. The molecule has 2 aliphatic rings. The molecule has 0 amide bonds. The van der Waals surface area contributed by atoms with E-state index < -0.39 is 0 Å². The van der Waals surface area contributed by atoms with Crippen LogP contribution in [-0.4, -0.2) is 6.67 Å². The lowest BCUT2D eigenvalue weighted by Gasteiger charge is -2.14. The molecule has 9 heavy (non-hydrogen) atoms. The zero-order valence-electron chi connectivity index (χ0n) is 5.02. The third-order valence-electron chi connectivity index (χ3n) is 1.49. The summed E-state index contributed by atoms with van der Waals surface area (Å²) in [6.07, 6.45) is 8.22. The second kappa shape index (κ2) is 1.65. The first kappa shape index (κ1) is 4.68. The van der Waals surface area contributed by atoms with Gasteiger partial charge < -0.3 is 10.6 Å². The Labute approximate surface area is 53.9 Å². The highest BCUT2D eigenvalue weighted by molar-refractivity contribution is 5.47. The van der Waals surface area contributed by atoms with Gasteiger partial charge in [0.05, 0.1) is 6.67 Å². The maximum atomic E-state index is 3.20. The molecule has 0 spiro atoms. The third-order valence-corrected chi connectivity index (χ3v) is 1.49. The minimum Gasteiger partial charge on any atom is -0.373 e. The Morgan fingerprint density at radius 2 is 2.44 bits per heavy atom. The van der Waals surface area contributed by atoms with Gasteiger partial charge in [-0.3, -0.25) is 0 Å². The summed E-state index contributed by atoms with van der Waals surface area (Å²) < 4.78 is 0. The summed E-state index contributed by atoms with van der Waals surface area (Å²) in [6.45, 7) is 0.844. The van der Waals surface area contributed by atoms with Crippen LogP contribution < -0.4 is 10.6 Å². The van der Waals surface area contributed by atoms with Gasteiger partial charge in [0.15, 0.2) is 0 Å². The second-order valence-electron chi connectivity index (χ2n) is 2.10. The van der Waals surface area contributed by atoms with E-state index in [2.05, 4.69) is 22.8 Å². The minimum atomic E-state index is 0.844. The first-order valence-electron chi connectivity index (χ1n) is 3.03. The van der Waals surface area contributed by atoms with Gasteiger partial charge in [0.1, 0.15) is 0 Å². The standard InChI is InChI=1S/C7H8N2/c1-2-6-4-8-5-9-7(6)3-1/h1-4,8-9H,5H2. The SMILES string of the molecule is C1=CC2=CNCNC2=C1. The maximum Gasteiger partial charge on any atom is 0.0845 e. The molecule has 2 heteroatoms. The average molecular weight is 120 g/mol. The summed E-state index contributed by atoms with van der Waals surface area (Å²) in [5, 5.41) is 6.29. The normalized spacial score (nSPS) is 21.3. The van der Waals surface area contributed by atoms with E-state index in [4.69, 9.17) is 0 Å². The summed E-state index contributed by atoms with van der Waals surface area (Å²) >= 11 is 0. The van der Waals surface area contributed by atoms with Crippen molar-refractivity contribution in [3.05, 3.63) is 35.7 Å². The molecule has 46 valence electrons. The smallest absolute Gasteiger partial charge is 0.0845 e. The van der Waals surface area contributed by atoms with E-state index in [1.165, 1.54) is 11.3 Å². The summed E-state index contributed by atoms with van der Waals surface area (Å²) in [4.78, 5) is 0. The van der Waals surface area contributed by atoms with Crippen LogP contribution >= 0.6 is 0 Å². The summed E-state index contributed by atoms with van der Waals surface area (Å²) in [6, 6.07) is 0. The fourth-order valence-corrected chi connectivity index (χ4v) is 1.03. The molecule has 2 N–H and O–H groups in total. The van der Waals surface area contributed by atoms with Crippen molar-refractivity contribution >= 4 is 0 Å². The van der Waals surface area contributed by atoms with Crippen LogP contribution in [0.15, 0.2) is 35.7 Å². The number of hydrogen-bond acceptors (Lipinski definition) is 2. The highest BCUT2D eigenvalue weighted by Gasteiger charge is 2.07. The van der Waals surface area contributed by atoms with Crippen LogP contribution in [0.25, 0.3) is 0 Å². The Morgan fingerprint density at radius 3 is 3.33 bits per heavy atom. The van der Waals surface area contributed by atoms with Gasteiger partial charge >= 0.3 is 0 Å². The predicted molar refractivity (Wildman–Crippen MR) is 36.4 cm³/mol. The molecule has 0 aromatic heterocycles. The van der Waals surface area contributed by atoms with Crippen molar-refractivity contribution in [2.45, 2.75) is 0 Å². The quantitative estimate of drug-likeness (QED) is 0.485. The Kier molecular flexibility index (Phi) is 0.859. The van der Waals surface area contributed by atoms with E-state index in [9.17, 15) is 0 Å². The molecular weight excluding hydrogens is 112 g/mol. The van der Waals surface area contributed by atoms with Gasteiger partial charge in [-0.25, -0.2) is 0 Å². The molecule has 2 rings (SSSR count). The van der Waals surface area contributed by atoms with Crippen LogP contribution in [0.5, 0.6) is 0 Å². The van der Waals surface area contributed by atoms with Crippen molar-refractivity contribution in [3.8, 4) is 0 Å². The Hall–Kier alpha value is -1.18. The summed E-state index contributed by atoms with van der Waals surface area (Å²) in [5.41, 5.74) is 2.48. The van der Waals surface area contributed by atoms with Gasteiger partial charge in [-0.1, -0.05) is 12.2 Å². The Morgan fingerprint density at radius 1 is 1.44 bits per heavy atom. The number of hydrogen-bond donors (Lipinski definition) is 2. The molecule has 0 atom stereocenters. The summed E-state index contributed by atoms with van der Waals surface area (Å²) in [5.74, 6) is 0. The van der Waals surface area contributed by atoms with E-state index >= 15 is 0 Å². The van der Waals surface area contributed by atoms with Crippen LogP contribution in [-0.2, 0) is 0 Å². The monoisotopic (exact) mass is 120 g/mol. The van der Waals surface area contributed by atoms with Gasteiger partial charge in [0.2, 0.25) is 0 Å². The van der Waals surface area contributed by atoms with Crippen molar-refractivity contribution in [2.75, 3.05) is 6.67 Å². The van der Waals surface area contributed by atoms with Crippen LogP contribution in [0.3, 0.4) is 0 Å². The molecule has 2 nitrogen and oxygen atoms in total.